The fourth-order valence-electron chi connectivity index (χ4n) is 12.5. The quantitative estimate of drug-likeness (QED) is 0.167. The summed E-state index contributed by atoms with van der Waals surface area (Å²) >= 11 is 0. The van der Waals surface area contributed by atoms with E-state index in [2.05, 4.69) is 266 Å². The fourth-order valence-corrected chi connectivity index (χ4v) is 12.5. The predicted molar refractivity (Wildman–Crippen MR) is 278 cm³/mol. The predicted octanol–water partition coefficient (Wildman–Crippen LogP) is 16.7. The Hall–Kier alpha value is -8.52. The highest BCUT2D eigenvalue weighted by Crippen LogP contribution is 2.68. The molecule has 0 saturated heterocycles. The van der Waals surface area contributed by atoms with Gasteiger partial charge in [-0.3, -0.25) is 0 Å². The largest absolute Gasteiger partial charge is 0.310 e. The molecular formula is C66H43N. The van der Waals surface area contributed by atoms with Crippen LogP contribution < -0.4 is 4.90 Å². The van der Waals surface area contributed by atoms with Gasteiger partial charge in [-0.25, -0.2) is 0 Å². The Kier molecular flexibility index (Phi) is 8.18. The molecule has 0 amide bonds. The van der Waals surface area contributed by atoms with E-state index in [0.717, 1.165) is 17.1 Å². The second kappa shape index (κ2) is 14.5. The number of nitrogens with zero attached hydrogens (tertiary/aromatic N) is 1. The summed E-state index contributed by atoms with van der Waals surface area (Å²) in [6.45, 7) is 0. The lowest BCUT2D eigenvalue weighted by Gasteiger charge is -2.48. The van der Waals surface area contributed by atoms with E-state index in [1.807, 2.05) is 0 Å². The third kappa shape index (κ3) is 5.20. The molecule has 11 aromatic carbocycles. The van der Waals surface area contributed by atoms with Gasteiger partial charge in [0.1, 0.15) is 0 Å². The maximum Gasteiger partial charge on any atom is 0.0720 e. The van der Waals surface area contributed by atoms with Gasteiger partial charge in [-0.15, -0.1) is 0 Å². The zero-order valence-corrected chi connectivity index (χ0v) is 36.8. The molecule has 0 heterocycles. The Morgan fingerprint density at radius 3 is 1.30 bits per heavy atom. The van der Waals surface area contributed by atoms with E-state index in [9.17, 15) is 0 Å². The van der Waals surface area contributed by atoms with Gasteiger partial charge in [-0.05, 0) is 136 Å². The van der Waals surface area contributed by atoms with Crippen molar-refractivity contribution in [3.05, 3.63) is 305 Å². The van der Waals surface area contributed by atoms with Crippen LogP contribution in [-0.4, -0.2) is 0 Å². The number of benzene rings is 11. The Morgan fingerprint density at radius 1 is 0.224 bits per heavy atom. The average Bonchev–Trinajstić information content (AvgIpc) is 3.87. The first-order chi connectivity index (χ1) is 33.2. The molecule has 0 fully saturated rings. The number of fused-ring (bicyclic) bond motifs is 17. The molecule has 11 aromatic rings. The lowest BCUT2D eigenvalue weighted by molar-refractivity contribution is 0.633. The van der Waals surface area contributed by atoms with E-state index in [-0.39, 0.29) is 0 Å². The van der Waals surface area contributed by atoms with Gasteiger partial charge in [0, 0.05) is 17.1 Å². The lowest BCUT2D eigenvalue weighted by atomic mass is 9.52. The molecule has 14 rings (SSSR count). The lowest BCUT2D eigenvalue weighted by Crippen LogP contribution is -2.43. The highest BCUT2D eigenvalue weighted by atomic mass is 15.1. The van der Waals surface area contributed by atoms with Crippen LogP contribution in [0.2, 0.25) is 0 Å². The van der Waals surface area contributed by atoms with Crippen LogP contribution in [0.3, 0.4) is 0 Å². The first kappa shape index (κ1) is 37.8. The van der Waals surface area contributed by atoms with Crippen molar-refractivity contribution in [3.8, 4) is 44.5 Å². The van der Waals surface area contributed by atoms with Gasteiger partial charge in [-0.2, -0.15) is 0 Å². The van der Waals surface area contributed by atoms with Crippen molar-refractivity contribution in [1.29, 1.82) is 0 Å². The van der Waals surface area contributed by atoms with Gasteiger partial charge in [-0.1, -0.05) is 224 Å². The molecule has 3 aliphatic rings. The van der Waals surface area contributed by atoms with Crippen molar-refractivity contribution in [2.75, 3.05) is 4.90 Å². The fraction of sp³-hybridized carbons (Fsp3) is 0.0303. The van der Waals surface area contributed by atoms with Crippen molar-refractivity contribution >= 4 is 27.8 Å². The van der Waals surface area contributed by atoms with Gasteiger partial charge in [0.25, 0.3) is 0 Å². The SMILES string of the molecule is c1ccc(-c2cccc(N(c3ccc(-c4cccc5c4-c4ccccc4C54c5ccccc5C5(c6ccccc6-c6ccccc65)c5ccccc54)cc3)c3ccc4ccccc4c3)c2)cc1. The molecule has 3 aliphatic carbocycles. The van der Waals surface area contributed by atoms with E-state index in [1.54, 1.807) is 0 Å². The highest BCUT2D eigenvalue weighted by Gasteiger charge is 2.59. The minimum absolute atomic E-state index is 0.464. The molecule has 0 N–H and O–H groups in total. The second-order valence-corrected chi connectivity index (χ2v) is 18.3. The molecule has 0 unspecified atom stereocenters. The van der Waals surface area contributed by atoms with Crippen LogP contribution in [0.1, 0.15) is 44.5 Å². The smallest absolute Gasteiger partial charge is 0.0720 e. The summed E-state index contributed by atoms with van der Waals surface area (Å²) in [7, 11) is 0. The molecule has 1 heteroatoms. The summed E-state index contributed by atoms with van der Waals surface area (Å²) in [6, 6.07) is 97.5. The molecule has 312 valence electrons. The van der Waals surface area contributed by atoms with Crippen molar-refractivity contribution < 1.29 is 0 Å². The minimum atomic E-state index is -0.538. The number of rotatable bonds is 5. The summed E-state index contributed by atoms with van der Waals surface area (Å²) < 4.78 is 0. The Bertz CT molecular complexity index is 3670. The number of hydrogen-bond acceptors (Lipinski definition) is 1. The summed E-state index contributed by atoms with van der Waals surface area (Å²) in [6.07, 6.45) is 0. The zero-order valence-electron chi connectivity index (χ0n) is 36.8. The number of hydrogen-bond donors (Lipinski definition) is 0. The van der Waals surface area contributed by atoms with Crippen molar-refractivity contribution in [1.82, 2.24) is 0 Å². The first-order valence-corrected chi connectivity index (χ1v) is 23.4. The number of anilines is 3. The Balaban J connectivity index is 0.964. The second-order valence-electron chi connectivity index (χ2n) is 18.3. The van der Waals surface area contributed by atoms with E-state index in [0.29, 0.717) is 0 Å². The standard InChI is InChI=1S/C66H43N/c1-2-18-44(19-3-1)48-22-16-23-50(42-48)67(51-41-36-45-20-4-5-21-47(45)43-51)49-39-37-46(38-40-49)52-27-17-35-63-64(52)55-26-8-11-30-58(55)66(63)61-33-14-12-31-59(61)65(60-32-13-15-34-62(60)66)56-28-9-6-24-53(56)54-25-7-10-29-57(54)65/h1-43H. The van der Waals surface area contributed by atoms with Crippen LogP contribution in [0.4, 0.5) is 17.1 Å². The summed E-state index contributed by atoms with van der Waals surface area (Å²) in [5.41, 5.74) is 23.2. The van der Waals surface area contributed by atoms with Gasteiger partial charge in [0.05, 0.1) is 10.8 Å². The first-order valence-electron chi connectivity index (χ1n) is 23.4. The van der Waals surface area contributed by atoms with Crippen LogP contribution >= 0.6 is 0 Å². The molecule has 2 spiro atoms. The van der Waals surface area contributed by atoms with Gasteiger partial charge >= 0.3 is 0 Å². The van der Waals surface area contributed by atoms with Gasteiger partial charge in [0.2, 0.25) is 0 Å². The average molecular weight is 850 g/mol. The Labute approximate surface area is 391 Å². The minimum Gasteiger partial charge on any atom is -0.310 e. The summed E-state index contributed by atoms with van der Waals surface area (Å²) in [4.78, 5) is 2.40. The van der Waals surface area contributed by atoms with Crippen LogP contribution in [0.15, 0.2) is 261 Å². The van der Waals surface area contributed by atoms with Crippen LogP contribution in [0.5, 0.6) is 0 Å². The van der Waals surface area contributed by atoms with Gasteiger partial charge in [0.15, 0.2) is 0 Å². The summed E-state index contributed by atoms with van der Waals surface area (Å²) in [5, 5.41) is 2.44. The molecule has 1 nitrogen and oxygen atoms in total. The third-order valence-corrected chi connectivity index (χ3v) is 15.1. The van der Waals surface area contributed by atoms with E-state index in [1.165, 1.54) is 99.8 Å². The van der Waals surface area contributed by atoms with E-state index < -0.39 is 10.8 Å². The van der Waals surface area contributed by atoms with E-state index >= 15 is 0 Å². The van der Waals surface area contributed by atoms with Gasteiger partial charge < -0.3 is 4.90 Å². The van der Waals surface area contributed by atoms with Crippen LogP contribution in [0.25, 0.3) is 55.3 Å². The summed E-state index contributed by atoms with van der Waals surface area (Å²) in [5.74, 6) is 0. The monoisotopic (exact) mass is 849 g/mol. The molecule has 0 radical (unpaired) electrons. The van der Waals surface area contributed by atoms with Crippen molar-refractivity contribution in [2.45, 2.75) is 10.8 Å². The Morgan fingerprint density at radius 2 is 0.657 bits per heavy atom. The molecule has 0 atom stereocenters. The topological polar surface area (TPSA) is 3.24 Å². The van der Waals surface area contributed by atoms with Crippen LogP contribution in [-0.2, 0) is 10.8 Å². The highest BCUT2D eigenvalue weighted by molar-refractivity contribution is 5.99. The maximum absolute atomic E-state index is 2.43. The molecule has 0 aliphatic heterocycles. The molecule has 0 bridgehead atoms. The molecule has 0 saturated carbocycles. The molecule has 0 aromatic heterocycles. The normalized spacial score (nSPS) is 13.9. The molecular weight excluding hydrogens is 807 g/mol. The molecule has 67 heavy (non-hydrogen) atoms. The third-order valence-electron chi connectivity index (χ3n) is 15.1. The van der Waals surface area contributed by atoms with E-state index in [4.69, 9.17) is 0 Å². The van der Waals surface area contributed by atoms with Crippen LogP contribution in [0, 0.1) is 0 Å². The van der Waals surface area contributed by atoms with Crippen molar-refractivity contribution in [2.24, 2.45) is 0 Å². The van der Waals surface area contributed by atoms with Crippen molar-refractivity contribution in [3.63, 3.8) is 0 Å². The maximum atomic E-state index is 2.43. The zero-order chi connectivity index (χ0) is 44.1.